The van der Waals surface area contributed by atoms with Crippen LogP contribution < -0.4 is 0 Å². The molecule has 1 heterocycles. The Hall–Kier alpha value is -8.27. The molecule has 0 spiro atoms. The van der Waals surface area contributed by atoms with Crippen molar-refractivity contribution >= 4 is 21.5 Å². The highest BCUT2D eigenvalue weighted by Crippen LogP contribution is 2.39. The Bertz CT molecular complexity index is 3320. The van der Waals surface area contributed by atoms with Crippen LogP contribution in [0.1, 0.15) is 0 Å². The molecule has 0 bridgehead atoms. The molecule has 0 fully saturated rings. The molecule has 290 valence electrons. The summed E-state index contributed by atoms with van der Waals surface area (Å²) in [5.74, 6) is 1.90. The molecule has 0 N–H and O–H groups in total. The van der Waals surface area contributed by atoms with Crippen LogP contribution in [0, 0.1) is 0 Å². The number of nitrogens with zero attached hydrogens (tertiary/aromatic N) is 3. The lowest BCUT2D eigenvalue weighted by Gasteiger charge is -2.15. The first-order valence-corrected chi connectivity index (χ1v) is 21.0. The van der Waals surface area contributed by atoms with Crippen molar-refractivity contribution in [2.45, 2.75) is 0 Å². The quantitative estimate of drug-likeness (QED) is 0.154. The summed E-state index contributed by atoms with van der Waals surface area (Å²) in [5.41, 5.74) is 14.4. The van der Waals surface area contributed by atoms with E-state index < -0.39 is 0 Å². The van der Waals surface area contributed by atoms with Crippen LogP contribution in [0.2, 0.25) is 0 Å². The van der Waals surface area contributed by atoms with E-state index in [1.165, 1.54) is 44.0 Å². The molecule has 0 aliphatic rings. The van der Waals surface area contributed by atoms with Crippen molar-refractivity contribution < 1.29 is 0 Å². The number of aromatic nitrogens is 3. The van der Waals surface area contributed by atoms with Crippen LogP contribution in [0.5, 0.6) is 0 Å². The third kappa shape index (κ3) is 7.33. The lowest BCUT2D eigenvalue weighted by molar-refractivity contribution is 1.07. The van der Waals surface area contributed by atoms with Crippen molar-refractivity contribution in [3.63, 3.8) is 0 Å². The monoisotopic (exact) mass is 789 g/mol. The van der Waals surface area contributed by atoms with E-state index in [9.17, 15) is 0 Å². The molecule has 0 saturated carbocycles. The van der Waals surface area contributed by atoms with Crippen molar-refractivity contribution in [3.05, 3.63) is 237 Å². The Morgan fingerprint density at radius 3 is 1.06 bits per heavy atom. The second-order valence-corrected chi connectivity index (χ2v) is 15.7. The fourth-order valence-corrected chi connectivity index (χ4v) is 8.44. The second-order valence-electron chi connectivity index (χ2n) is 15.7. The minimum atomic E-state index is 0.624. The van der Waals surface area contributed by atoms with E-state index in [0.29, 0.717) is 17.5 Å². The third-order valence-corrected chi connectivity index (χ3v) is 11.7. The van der Waals surface area contributed by atoms with Crippen LogP contribution >= 0.6 is 0 Å². The highest BCUT2D eigenvalue weighted by atomic mass is 15.0. The first kappa shape index (κ1) is 36.8. The molecule has 62 heavy (non-hydrogen) atoms. The van der Waals surface area contributed by atoms with Crippen molar-refractivity contribution in [1.82, 2.24) is 15.0 Å². The normalized spacial score (nSPS) is 11.2. The molecular weight excluding hydrogens is 751 g/mol. The molecule has 0 unspecified atom stereocenters. The third-order valence-electron chi connectivity index (χ3n) is 11.7. The molecule has 0 saturated heterocycles. The summed E-state index contributed by atoms with van der Waals surface area (Å²) in [5, 5.41) is 4.71. The highest BCUT2D eigenvalue weighted by Gasteiger charge is 2.17. The summed E-state index contributed by atoms with van der Waals surface area (Å²) in [6, 6.07) is 84.0. The largest absolute Gasteiger partial charge is 0.208 e. The number of hydrogen-bond acceptors (Lipinski definition) is 3. The molecule has 11 aromatic rings. The lowest BCUT2D eigenvalue weighted by atomic mass is 9.90. The minimum absolute atomic E-state index is 0.624. The summed E-state index contributed by atoms with van der Waals surface area (Å²) in [7, 11) is 0. The minimum Gasteiger partial charge on any atom is -0.208 e. The van der Waals surface area contributed by atoms with Gasteiger partial charge in [-0.1, -0.05) is 200 Å². The number of rotatable bonds is 8. The number of hydrogen-bond donors (Lipinski definition) is 0. The number of fused-ring (bicyclic) bond motifs is 2. The fourth-order valence-electron chi connectivity index (χ4n) is 8.44. The molecule has 11 rings (SSSR count). The molecule has 0 radical (unpaired) electrons. The van der Waals surface area contributed by atoms with E-state index in [1.807, 2.05) is 18.2 Å². The molecule has 0 aliphatic carbocycles. The van der Waals surface area contributed by atoms with Crippen molar-refractivity contribution in [3.8, 4) is 89.8 Å². The Morgan fingerprint density at radius 2 is 0.532 bits per heavy atom. The Kier molecular flexibility index (Phi) is 9.53. The van der Waals surface area contributed by atoms with E-state index >= 15 is 0 Å². The summed E-state index contributed by atoms with van der Waals surface area (Å²) < 4.78 is 0. The van der Waals surface area contributed by atoms with Gasteiger partial charge in [-0.25, -0.2) is 15.0 Å². The zero-order valence-electron chi connectivity index (χ0n) is 33.9. The van der Waals surface area contributed by atoms with Crippen LogP contribution in [0.4, 0.5) is 0 Å². The Morgan fingerprint density at radius 1 is 0.177 bits per heavy atom. The van der Waals surface area contributed by atoms with Gasteiger partial charge in [0.15, 0.2) is 17.5 Å². The van der Waals surface area contributed by atoms with Gasteiger partial charge < -0.3 is 0 Å². The van der Waals surface area contributed by atoms with Crippen LogP contribution in [0.3, 0.4) is 0 Å². The SMILES string of the molecule is c1ccc(-c2cc(-c3ccccc3)cc(-c3ccc(-c4ccc(-c5nc(-c6ccccc6)nc(-c6ccc7ccccc7c6)n5)cc4-c4ccc5ccccc5c4)cc3)c2)cc1. The molecule has 1 aromatic heterocycles. The van der Waals surface area contributed by atoms with E-state index in [0.717, 1.165) is 49.9 Å². The topological polar surface area (TPSA) is 38.7 Å². The van der Waals surface area contributed by atoms with E-state index in [4.69, 9.17) is 15.0 Å². The smallest absolute Gasteiger partial charge is 0.164 e. The average Bonchev–Trinajstić information content (AvgIpc) is 3.36. The molecular formula is C59H39N3. The van der Waals surface area contributed by atoms with E-state index in [2.05, 4.69) is 218 Å². The van der Waals surface area contributed by atoms with Crippen molar-refractivity contribution in [2.75, 3.05) is 0 Å². The summed E-state index contributed by atoms with van der Waals surface area (Å²) in [6.07, 6.45) is 0. The van der Waals surface area contributed by atoms with Gasteiger partial charge in [0, 0.05) is 16.7 Å². The lowest BCUT2D eigenvalue weighted by Crippen LogP contribution is -2.00. The summed E-state index contributed by atoms with van der Waals surface area (Å²) in [4.78, 5) is 15.3. The first-order chi connectivity index (χ1) is 30.7. The molecule has 3 nitrogen and oxygen atoms in total. The second kappa shape index (κ2) is 16.1. The van der Waals surface area contributed by atoms with Gasteiger partial charge in [-0.3, -0.25) is 0 Å². The van der Waals surface area contributed by atoms with Gasteiger partial charge in [-0.05, 0) is 114 Å². The van der Waals surface area contributed by atoms with Gasteiger partial charge in [0.05, 0.1) is 0 Å². The maximum absolute atomic E-state index is 5.17. The highest BCUT2D eigenvalue weighted by molar-refractivity contribution is 5.93. The van der Waals surface area contributed by atoms with Crippen molar-refractivity contribution in [1.29, 1.82) is 0 Å². The summed E-state index contributed by atoms with van der Waals surface area (Å²) in [6.45, 7) is 0. The Labute approximate surface area is 361 Å². The Balaban J connectivity index is 1.04. The van der Waals surface area contributed by atoms with Crippen LogP contribution in [0.25, 0.3) is 111 Å². The predicted molar refractivity (Wildman–Crippen MR) is 258 cm³/mol. The van der Waals surface area contributed by atoms with Gasteiger partial charge in [0.1, 0.15) is 0 Å². The van der Waals surface area contributed by atoms with Crippen molar-refractivity contribution in [2.24, 2.45) is 0 Å². The standard InChI is InChI=1S/C59H39N3/c1-4-14-40(15-5-1)52-36-53(41-16-6-2-7-17-41)38-54(37-52)44-24-28-45(29-25-44)55-33-32-51(39-56(55)49-30-26-42-18-10-12-22-47(42)34-49)59-61-57(46-20-8-3-9-21-46)60-58(62-59)50-31-27-43-19-11-13-23-48(43)35-50/h1-39H. The fraction of sp³-hybridized carbons (Fsp3) is 0. The average molecular weight is 790 g/mol. The van der Waals surface area contributed by atoms with Gasteiger partial charge in [-0.2, -0.15) is 0 Å². The molecule has 10 aromatic carbocycles. The zero-order valence-corrected chi connectivity index (χ0v) is 33.9. The van der Waals surface area contributed by atoms with Crippen LogP contribution in [0.15, 0.2) is 237 Å². The maximum Gasteiger partial charge on any atom is 0.164 e. The predicted octanol–water partition coefficient (Wildman–Crippen LogP) is 15.5. The van der Waals surface area contributed by atoms with E-state index in [-0.39, 0.29) is 0 Å². The first-order valence-electron chi connectivity index (χ1n) is 21.0. The molecule has 3 heteroatoms. The van der Waals surface area contributed by atoms with E-state index in [1.54, 1.807) is 0 Å². The molecule has 0 aliphatic heterocycles. The maximum atomic E-state index is 5.17. The number of benzene rings is 10. The van der Waals surface area contributed by atoms with Gasteiger partial charge >= 0.3 is 0 Å². The summed E-state index contributed by atoms with van der Waals surface area (Å²) >= 11 is 0. The zero-order chi connectivity index (χ0) is 41.2. The molecule has 0 atom stereocenters. The van der Waals surface area contributed by atoms with Crippen LogP contribution in [-0.2, 0) is 0 Å². The van der Waals surface area contributed by atoms with Gasteiger partial charge in [-0.15, -0.1) is 0 Å². The molecule has 0 amide bonds. The van der Waals surface area contributed by atoms with Gasteiger partial charge in [0.2, 0.25) is 0 Å². The van der Waals surface area contributed by atoms with Gasteiger partial charge in [0.25, 0.3) is 0 Å². The van der Waals surface area contributed by atoms with Crippen LogP contribution in [-0.4, -0.2) is 15.0 Å².